The van der Waals surface area contributed by atoms with Crippen molar-refractivity contribution in [2.45, 2.75) is 0 Å². The predicted molar refractivity (Wildman–Crippen MR) is 70.0 cm³/mol. The Bertz CT molecular complexity index is 669. The number of methoxy groups -OCH3 is 1. The highest BCUT2D eigenvalue weighted by atomic mass is 32.1. The van der Waals surface area contributed by atoms with Crippen LogP contribution in [0.5, 0.6) is 0 Å². The molecule has 0 aliphatic heterocycles. The van der Waals surface area contributed by atoms with E-state index in [1.54, 1.807) is 5.38 Å². The largest absolute Gasteiger partial charge is 0.465 e. The molecule has 104 valence electrons. The molecule has 0 saturated carbocycles. The molecule has 1 aromatic carbocycles. The van der Waals surface area contributed by atoms with Crippen LogP contribution in [0.3, 0.4) is 0 Å². The van der Waals surface area contributed by atoms with Crippen LogP contribution in [0.2, 0.25) is 0 Å². The van der Waals surface area contributed by atoms with Crippen molar-refractivity contribution in [2.75, 3.05) is 12.4 Å². The molecule has 0 bridgehead atoms. The average Bonchev–Trinajstić information content (AvgIpc) is 2.89. The second-order valence-electron chi connectivity index (χ2n) is 3.74. The molecular weight excluding hydrogens is 288 g/mol. The van der Waals surface area contributed by atoms with Crippen molar-refractivity contribution in [1.29, 1.82) is 0 Å². The van der Waals surface area contributed by atoms with Crippen LogP contribution in [0.15, 0.2) is 29.6 Å². The highest BCUT2D eigenvalue weighted by molar-refractivity contribution is 7.12. The van der Waals surface area contributed by atoms with Gasteiger partial charge in [-0.3, -0.25) is 4.79 Å². The van der Waals surface area contributed by atoms with E-state index in [0.717, 1.165) is 29.5 Å². The molecule has 7 heteroatoms. The van der Waals surface area contributed by atoms with Gasteiger partial charge in [0.2, 0.25) is 0 Å². The smallest absolute Gasteiger partial charge is 0.350 e. The van der Waals surface area contributed by atoms with Gasteiger partial charge in [-0.2, -0.15) is 0 Å². The number of carbonyl (C=O) groups is 2. The molecular formula is C13H9F2NO3S. The van der Waals surface area contributed by atoms with Gasteiger partial charge in [-0.25, -0.2) is 13.6 Å². The van der Waals surface area contributed by atoms with Crippen LogP contribution in [0, 0.1) is 11.6 Å². The summed E-state index contributed by atoms with van der Waals surface area (Å²) in [4.78, 5) is 23.6. The Balaban J connectivity index is 2.22. The third-order valence-corrected chi connectivity index (χ3v) is 3.36. The van der Waals surface area contributed by atoms with Crippen molar-refractivity contribution in [3.05, 3.63) is 51.7 Å². The van der Waals surface area contributed by atoms with E-state index in [1.165, 1.54) is 13.2 Å². The van der Waals surface area contributed by atoms with Crippen molar-refractivity contribution in [3.63, 3.8) is 0 Å². The standard InChI is InChI=1S/C13H9F2NO3S/c1-19-13(18)11-10(4-5-20-11)16-12(17)7-2-3-8(14)9(15)6-7/h2-6H,1H3,(H,16,17). The highest BCUT2D eigenvalue weighted by Crippen LogP contribution is 2.23. The van der Waals surface area contributed by atoms with E-state index in [9.17, 15) is 18.4 Å². The fourth-order valence-corrected chi connectivity index (χ4v) is 2.26. The molecule has 2 rings (SSSR count). The third-order valence-electron chi connectivity index (χ3n) is 2.47. The zero-order valence-corrected chi connectivity index (χ0v) is 11.1. The molecule has 1 aromatic heterocycles. The molecule has 4 nitrogen and oxygen atoms in total. The van der Waals surface area contributed by atoms with Gasteiger partial charge < -0.3 is 10.1 Å². The Morgan fingerprint density at radius 3 is 2.60 bits per heavy atom. The summed E-state index contributed by atoms with van der Waals surface area (Å²) in [6.45, 7) is 0. The first-order valence-corrected chi connectivity index (χ1v) is 6.33. The lowest BCUT2D eigenvalue weighted by Gasteiger charge is -2.06. The lowest BCUT2D eigenvalue weighted by molar-refractivity contribution is 0.0607. The second-order valence-corrected chi connectivity index (χ2v) is 4.65. The number of rotatable bonds is 3. The molecule has 0 fully saturated rings. The Morgan fingerprint density at radius 1 is 1.20 bits per heavy atom. The third kappa shape index (κ3) is 2.83. The zero-order valence-electron chi connectivity index (χ0n) is 10.3. The molecule has 0 unspecified atom stereocenters. The summed E-state index contributed by atoms with van der Waals surface area (Å²) in [6.07, 6.45) is 0. The van der Waals surface area contributed by atoms with E-state index in [0.29, 0.717) is 0 Å². The monoisotopic (exact) mass is 297 g/mol. The van der Waals surface area contributed by atoms with Gasteiger partial charge in [-0.1, -0.05) is 0 Å². The van der Waals surface area contributed by atoms with Gasteiger partial charge in [0.25, 0.3) is 5.91 Å². The topological polar surface area (TPSA) is 55.4 Å². The normalized spacial score (nSPS) is 10.2. The van der Waals surface area contributed by atoms with E-state index >= 15 is 0 Å². The number of hydrogen-bond acceptors (Lipinski definition) is 4. The number of nitrogens with one attached hydrogen (secondary N) is 1. The maximum absolute atomic E-state index is 13.1. The molecule has 0 spiro atoms. The number of anilines is 1. The molecule has 1 N–H and O–H groups in total. The first-order chi connectivity index (χ1) is 9.52. The van der Waals surface area contributed by atoms with Crippen LogP contribution in [0.1, 0.15) is 20.0 Å². The van der Waals surface area contributed by atoms with Crippen LogP contribution in [0.4, 0.5) is 14.5 Å². The quantitative estimate of drug-likeness (QED) is 0.886. The molecule has 1 amide bonds. The number of esters is 1. The average molecular weight is 297 g/mol. The van der Waals surface area contributed by atoms with Gasteiger partial charge in [0.15, 0.2) is 11.6 Å². The van der Waals surface area contributed by atoms with Gasteiger partial charge >= 0.3 is 5.97 Å². The summed E-state index contributed by atoms with van der Waals surface area (Å²) in [7, 11) is 1.23. The number of ether oxygens (including phenoxy) is 1. The molecule has 0 aliphatic carbocycles. The van der Waals surface area contributed by atoms with Gasteiger partial charge in [0.05, 0.1) is 12.8 Å². The number of benzene rings is 1. The molecule has 2 aromatic rings. The Morgan fingerprint density at radius 2 is 1.95 bits per heavy atom. The van der Waals surface area contributed by atoms with Crippen molar-refractivity contribution in [1.82, 2.24) is 0 Å². The van der Waals surface area contributed by atoms with Crippen LogP contribution < -0.4 is 5.32 Å². The summed E-state index contributed by atoms with van der Waals surface area (Å²) in [6, 6.07) is 4.32. The lowest BCUT2D eigenvalue weighted by Crippen LogP contribution is -2.14. The van der Waals surface area contributed by atoms with Crippen LogP contribution in [-0.4, -0.2) is 19.0 Å². The Labute approximate surface area is 117 Å². The van der Waals surface area contributed by atoms with Crippen LogP contribution >= 0.6 is 11.3 Å². The summed E-state index contributed by atoms with van der Waals surface area (Å²) in [5.74, 6) is -3.38. The number of hydrogen-bond donors (Lipinski definition) is 1. The minimum absolute atomic E-state index is 0.0501. The minimum atomic E-state index is -1.11. The minimum Gasteiger partial charge on any atom is -0.465 e. The Hall–Kier alpha value is -2.28. The molecule has 20 heavy (non-hydrogen) atoms. The summed E-state index contributed by atoms with van der Waals surface area (Å²) < 4.78 is 30.4. The van der Waals surface area contributed by atoms with E-state index in [4.69, 9.17) is 0 Å². The summed E-state index contributed by atoms with van der Waals surface area (Å²) in [5, 5.41) is 4.05. The summed E-state index contributed by atoms with van der Waals surface area (Å²) >= 11 is 1.10. The lowest BCUT2D eigenvalue weighted by atomic mass is 10.2. The van der Waals surface area contributed by atoms with Crippen molar-refractivity contribution in [2.24, 2.45) is 0 Å². The van der Waals surface area contributed by atoms with Crippen molar-refractivity contribution >= 4 is 28.9 Å². The fourth-order valence-electron chi connectivity index (χ4n) is 1.49. The molecule has 0 aliphatic rings. The molecule has 0 radical (unpaired) electrons. The fraction of sp³-hybridized carbons (Fsp3) is 0.0769. The first-order valence-electron chi connectivity index (χ1n) is 5.45. The van der Waals surface area contributed by atoms with Crippen molar-refractivity contribution in [3.8, 4) is 0 Å². The molecule has 1 heterocycles. The number of amides is 1. The van der Waals surface area contributed by atoms with Gasteiger partial charge in [-0.15, -0.1) is 11.3 Å². The maximum Gasteiger partial charge on any atom is 0.350 e. The van der Waals surface area contributed by atoms with Crippen LogP contribution in [0.25, 0.3) is 0 Å². The van der Waals surface area contributed by atoms with Crippen LogP contribution in [-0.2, 0) is 4.74 Å². The predicted octanol–water partition coefficient (Wildman–Crippen LogP) is 3.07. The van der Waals surface area contributed by atoms with Gasteiger partial charge in [-0.05, 0) is 29.6 Å². The first kappa shape index (κ1) is 14.1. The highest BCUT2D eigenvalue weighted by Gasteiger charge is 2.17. The Kier molecular flexibility index (Phi) is 4.09. The molecule has 0 atom stereocenters. The molecule has 0 saturated heterocycles. The number of halogens is 2. The van der Waals surface area contributed by atoms with E-state index in [1.807, 2.05) is 0 Å². The summed E-state index contributed by atoms with van der Waals surface area (Å²) in [5.41, 5.74) is 0.211. The van der Waals surface area contributed by atoms with E-state index in [2.05, 4.69) is 10.1 Å². The number of thiophene rings is 1. The van der Waals surface area contributed by atoms with Gasteiger partial charge in [0.1, 0.15) is 4.88 Å². The second kappa shape index (κ2) is 5.79. The number of carbonyl (C=O) groups excluding carboxylic acids is 2. The van der Waals surface area contributed by atoms with Crippen molar-refractivity contribution < 1.29 is 23.1 Å². The van der Waals surface area contributed by atoms with E-state index < -0.39 is 23.5 Å². The van der Waals surface area contributed by atoms with E-state index in [-0.39, 0.29) is 16.1 Å². The zero-order chi connectivity index (χ0) is 14.7. The van der Waals surface area contributed by atoms with Gasteiger partial charge in [0, 0.05) is 5.56 Å². The SMILES string of the molecule is COC(=O)c1sccc1NC(=O)c1ccc(F)c(F)c1. The maximum atomic E-state index is 13.1.